The summed E-state index contributed by atoms with van der Waals surface area (Å²) in [6, 6.07) is 0. The first-order valence-electron chi connectivity index (χ1n) is 11.4. The highest BCUT2D eigenvalue weighted by atomic mass is 16.5. The van der Waals surface area contributed by atoms with Crippen molar-refractivity contribution in [3.63, 3.8) is 0 Å². The zero-order valence-electron chi connectivity index (χ0n) is 18.0. The van der Waals surface area contributed by atoms with Gasteiger partial charge in [-0.05, 0) is 50.9 Å². The summed E-state index contributed by atoms with van der Waals surface area (Å²) >= 11 is 0. The number of carbonyl (C=O) groups is 2. The summed E-state index contributed by atoms with van der Waals surface area (Å²) in [6.45, 7) is 7.65. The number of ether oxygens (including phenoxy) is 2. The molecule has 1 saturated carbocycles. The summed E-state index contributed by atoms with van der Waals surface area (Å²) in [5.41, 5.74) is 0. The second-order valence-electron chi connectivity index (χ2n) is 8.54. The molecule has 0 unspecified atom stereocenters. The first-order valence-corrected chi connectivity index (χ1v) is 11.4. The van der Waals surface area contributed by atoms with E-state index in [9.17, 15) is 9.59 Å². The summed E-state index contributed by atoms with van der Waals surface area (Å²) in [5, 5.41) is 0. The third kappa shape index (κ3) is 11.4. The van der Waals surface area contributed by atoms with Crippen LogP contribution in [0.3, 0.4) is 0 Å². The normalized spacial score (nSPS) is 19.9. The van der Waals surface area contributed by atoms with Crippen molar-refractivity contribution in [2.75, 3.05) is 13.2 Å². The van der Waals surface area contributed by atoms with Gasteiger partial charge in [-0.1, -0.05) is 59.3 Å². The maximum Gasteiger partial charge on any atom is 0.308 e. The highest BCUT2D eigenvalue weighted by molar-refractivity contribution is 5.75. The summed E-state index contributed by atoms with van der Waals surface area (Å²) in [6.07, 6.45) is 13.6. The molecule has 1 aliphatic rings. The van der Waals surface area contributed by atoms with E-state index in [2.05, 4.69) is 20.8 Å². The molecule has 0 saturated heterocycles. The molecule has 0 bridgehead atoms. The molecule has 27 heavy (non-hydrogen) atoms. The minimum absolute atomic E-state index is 0.0282. The number of unbranched alkanes of at least 4 members (excludes halogenated alkanes) is 6. The van der Waals surface area contributed by atoms with E-state index in [1.54, 1.807) is 0 Å². The van der Waals surface area contributed by atoms with E-state index in [1.165, 1.54) is 32.1 Å². The molecule has 1 rings (SSSR count). The number of hydrogen-bond acceptors (Lipinski definition) is 4. The molecular weight excluding hydrogens is 340 g/mol. The van der Waals surface area contributed by atoms with Crippen LogP contribution in [-0.4, -0.2) is 25.2 Å². The van der Waals surface area contributed by atoms with Crippen LogP contribution in [0.15, 0.2) is 0 Å². The largest absolute Gasteiger partial charge is 0.465 e. The van der Waals surface area contributed by atoms with Gasteiger partial charge < -0.3 is 9.47 Å². The Kier molecular flexibility index (Phi) is 13.3. The fraction of sp³-hybridized carbons (Fsp3) is 0.913. The van der Waals surface area contributed by atoms with Crippen LogP contribution in [0.4, 0.5) is 0 Å². The van der Waals surface area contributed by atoms with Crippen molar-refractivity contribution in [3.05, 3.63) is 0 Å². The minimum atomic E-state index is -0.0753. The number of carbonyl (C=O) groups excluding carboxylic acids is 2. The second-order valence-corrected chi connectivity index (χ2v) is 8.54. The summed E-state index contributed by atoms with van der Waals surface area (Å²) < 4.78 is 10.9. The highest BCUT2D eigenvalue weighted by Gasteiger charge is 2.31. The third-order valence-electron chi connectivity index (χ3n) is 5.56. The molecular formula is C23H42O4. The van der Waals surface area contributed by atoms with Crippen LogP contribution in [-0.2, 0) is 19.1 Å². The molecule has 0 amide bonds. The van der Waals surface area contributed by atoms with Crippen molar-refractivity contribution in [3.8, 4) is 0 Å². The molecule has 1 fully saturated rings. The molecule has 0 radical (unpaired) electrons. The van der Waals surface area contributed by atoms with E-state index >= 15 is 0 Å². The van der Waals surface area contributed by atoms with Crippen molar-refractivity contribution < 1.29 is 19.1 Å². The molecule has 0 spiro atoms. The Morgan fingerprint density at radius 1 is 0.741 bits per heavy atom. The molecule has 1 aliphatic carbocycles. The average Bonchev–Trinajstić information content (AvgIpc) is 2.67. The summed E-state index contributed by atoms with van der Waals surface area (Å²) in [7, 11) is 0. The van der Waals surface area contributed by atoms with Crippen LogP contribution in [0.2, 0.25) is 0 Å². The van der Waals surface area contributed by atoms with E-state index < -0.39 is 0 Å². The Labute approximate surface area is 166 Å². The zero-order chi connectivity index (χ0) is 19.9. The standard InChI is InChI=1S/C23H42O4/c1-4-5-6-7-8-9-10-17-26-22(24)20-13-15-21(16-14-20)23(25)27-18-11-12-19(2)3/h19-21H,4-18H2,1-3H3. The molecule has 4 nitrogen and oxygen atoms in total. The predicted octanol–water partition coefficient (Wildman–Crippen LogP) is 6.07. The predicted molar refractivity (Wildman–Crippen MR) is 109 cm³/mol. The van der Waals surface area contributed by atoms with Crippen LogP contribution >= 0.6 is 0 Å². The fourth-order valence-corrected chi connectivity index (χ4v) is 3.70. The quantitative estimate of drug-likeness (QED) is 0.270. The highest BCUT2D eigenvalue weighted by Crippen LogP contribution is 2.30. The van der Waals surface area contributed by atoms with Crippen molar-refractivity contribution in [1.82, 2.24) is 0 Å². The van der Waals surface area contributed by atoms with Gasteiger partial charge in [-0.2, -0.15) is 0 Å². The first-order chi connectivity index (χ1) is 13.0. The smallest absolute Gasteiger partial charge is 0.308 e. The van der Waals surface area contributed by atoms with Crippen molar-refractivity contribution >= 4 is 11.9 Å². The van der Waals surface area contributed by atoms with Gasteiger partial charge in [-0.25, -0.2) is 0 Å². The molecule has 4 heteroatoms. The number of hydrogen-bond donors (Lipinski definition) is 0. The lowest BCUT2D eigenvalue weighted by Crippen LogP contribution is -2.28. The molecule has 0 aromatic carbocycles. The van der Waals surface area contributed by atoms with Gasteiger partial charge in [0.1, 0.15) is 0 Å². The Morgan fingerprint density at radius 2 is 1.19 bits per heavy atom. The lowest BCUT2D eigenvalue weighted by molar-refractivity contribution is -0.155. The molecule has 0 N–H and O–H groups in total. The van der Waals surface area contributed by atoms with Gasteiger partial charge >= 0.3 is 11.9 Å². The molecule has 0 aromatic heterocycles. The zero-order valence-corrected chi connectivity index (χ0v) is 18.0. The van der Waals surface area contributed by atoms with Gasteiger partial charge in [0.2, 0.25) is 0 Å². The van der Waals surface area contributed by atoms with Gasteiger partial charge in [-0.3, -0.25) is 9.59 Å². The van der Waals surface area contributed by atoms with E-state index in [-0.39, 0.29) is 23.8 Å². The van der Waals surface area contributed by atoms with Crippen LogP contribution in [0.25, 0.3) is 0 Å². The number of rotatable bonds is 14. The molecule has 158 valence electrons. The molecule has 0 aromatic rings. The van der Waals surface area contributed by atoms with E-state index in [0.717, 1.165) is 51.4 Å². The third-order valence-corrected chi connectivity index (χ3v) is 5.56. The first kappa shape index (κ1) is 24.0. The van der Waals surface area contributed by atoms with Gasteiger partial charge in [0, 0.05) is 0 Å². The second kappa shape index (κ2) is 14.9. The average molecular weight is 383 g/mol. The maximum absolute atomic E-state index is 12.2. The van der Waals surface area contributed by atoms with E-state index in [4.69, 9.17) is 9.47 Å². The van der Waals surface area contributed by atoms with Gasteiger partial charge in [0.15, 0.2) is 0 Å². The van der Waals surface area contributed by atoms with Gasteiger partial charge in [0.25, 0.3) is 0 Å². The lowest BCUT2D eigenvalue weighted by Gasteiger charge is -2.26. The van der Waals surface area contributed by atoms with Crippen LogP contribution < -0.4 is 0 Å². The minimum Gasteiger partial charge on any atom is -0.465 e. The molecule has 0 heterocycles. The van der Waals surface area contributed by atoms with E-state index in [1.807, 2.05) is 0 Å². The van der Waals surface area contributed by atoms with Gasteiger partial charge in [0.05, 0.1) is 25.0 Å². The summed E-state index contributed by atoms with van der Waals surface area (Å²) in [4.78, 5) is 24.3. The number of esters is 2. The Balaban J connectivity index is 2.06. The summed E-state index contributed by atoms with van der Waals surface area (Å²) in [5.74, 6) is 0.445. The van der Waals surface area contributed by atoms with E-state index in [0.29, 0.717) is 19.1 Å². The maximum atomic E-state index is 12.2. The van der Waals surface area contributed by atoms with Crippen LogP contribution in [0.5, 0.6) is 0 Å². The van der Waals surface area contributed by atoms with Crippen molar-refractivity contribution in [2.45, 2.75) is 104 Å². The Morgan fingerprint density at radius 3 is 1.67 bits per heavy atom. The van der Waals surface area contributed by atoms with Crippen molar-refractivity contribution in [2.24, 2.45) is 17.8 Å². The van der Waals surface area contributed by atoms with Gasteiger partial charge in [-0.15, -0.1) is 0 Å². The van der Waals surface area contributed by atoms with Crippen LogP contribution in [0.1, 0.15) is 104 Å². The van der Waals surface area contributed by atoms with Crippen LogP contribution in [0, 0.1) is 17.8 Å². The Bertz CT molecular complexity index is 397. The SMILES string of the molecule is CCCCCCCCCOC(=O)C1CCC(C(=O)OCCCC(C)C)CC1. The monoisotopic (exact) mass is 382 g/mol. The fourth-order valence-electron chi connectivity index (χ4n) is 3.70. The molecule has 0 aliphatic heterocycles. The topological polar surface area (TPSA) is 52.6 Å². The van der Waals surface area contributed by atoms with Crippen molar-refractivity contribution in [1.29, 1.82) is 0 Å². The lowest BCUT2D eigenvalue weighted by atomic mass is 9.82. The molecule has 0 atom stereocenters. The Hall–Kier alpha value is -1.06.